The lowest BCUT2D eigenvalue weighted by atomic mass is 10.2. The van der Waals surface area contributed by atoms with Crippen molar-refractivity contribution in [2.75, 3.05) is 5.32 Å². The van der Waals surface area contributed by atoms with Crippen molar-refractivity contribution in [3.8, 4) is 0 Å². The van der Waals surface area contributed by atoms with Gasteiger partial charge < -0.3 is 10.1 Å². The fourth-order valence-corrected chi connectivity index (χ4v) is 1.66. The maximum atomic E-state index is 11.8. The molecule has 0 saturated carbocycles. The van der Waals surface area contributed by atoms with Gasteiger partial charge in [-0.1, -0.05) is 12.1 Å². The van der Waals surface area contributed by atoms with Crippen LogP contribution in [-0.4, -0.2) is 17.6 Å². The number of para-hydroxylation sites is 1. The van der Waals surface area contributed by atoms with E-state index in [0.29, 0.717) is 0 Å². The zero-order chi connectivity index (χ0) is 13.1. The minimum Gasteiger partial charge on any atom is -0.458 e. The lowest BCUT2D eigenvalue weighted by Gasteiger charge is -2.23. The summed E-state index contributed by atoms with van der Waals surface area (Å²) in [6.45, 7) is 7.36. The van der Waals surface area contributed by atoms with Gasteiger partial charge in [0.25, 0.3) is 0 Å². The molecule has 0 aliphatic carbocycles. The number of rotatable bonds is 3. The summed E-state index contributed by atoms with van der Waals surface area (Å²) in [4.78, 5) is 11.8. The summed E-state index contributed by atoms with van der Waals surface area (Å²) < 4.78 is 6.22. The van der Waals surface area contributed by atoms with Gasteiger partial charge in [-0.05, 0) is 55.8 Å². The van der Waals surface area contributed by atoms with Crippen LogP contribution in [-0.2, 0) is 9.53 Å². The summed E-state index contributed by atoms with van der Waals surface area (Å²) in [7, 11) is 0. The Kier molecular flexibility index (Phi) is 4.57. The molecule has 3 nitrogen and oxygen atoms in total. The number of halogens is 1. The number of carbonyl (C=O) groups is 1. The van der Waals surface area contributed by atoms with E-state index in [-0.39, 0.29) is 12.0 Å². The van der Waals surface area contributed by atoms with Gasteiger partial charge in [0.2, 0.25) is 0 Å². The fourth-order valence-electron chi connectivity index (χ4n) is 1.26. The first-order chi connectivity index (χ1) is 7.79. The highest BCUT2D eigenvalue weighted by atomic mass is 79.9. The first kappa shape index (κ1) is 14.0. The third-order valence-electron chi connectivity index (χ3n) is 2.01. The maximum absolute atomic E-state index is 11.8. The van der Waals surface area contributed by atoms with Gasteiger partial charge in [-0.2, -0.15) is 0 Å². The van der Waals surface area contributed by atoms with Crippen molar-refractivity contribution < 1.29 is 9.53 Å². The minimum atomic E-state index is -0.457. The zero-order valence-electron chi connectivity index (χ0n) is 10.6. The second kappa shape index (κ2) is 5.54. The first-order valence-electron chi connectivity index (χ1n) is 5.53. The third-order valence-corrected chi connectivity index (χ3v) is 2.70. The molecule has 0 fully saturated rings. The van der Waals surface area contributed by atoms with Crippen molar-refractivity contribution in [2.45, 2.75) is 39.3 Å². The molecular weight excluding hydrogens is 282 g/mol. The number of anilines is 1. The molecule has 0 bridgehead atoms. The van der Waals surface area contributed by atoms with E-state index >= 15 is 0 Å². The molecule has 17 heavy (non-hydrogen) atoms. The topological polar surface area (TPSA) is 38.3 Å². The second-order valence-corrected chi connectivity index (χ2v) is 5.73. The summed E-state index contributed by atoms with van der Waals surface area (Å²) in [5.41, 5.74) is 0.423. The number of esters is 1. The second-order valence-electron chi connectivity index (χ2n) is 4.88. The molecule has 0 radical (unpaired) electrons. The standard InChI is InChI=1S/C13H18BrNO2/c1-9(12(16)17-13(2,3)4)15-11-8-6-5-7-10(11)14/h5-9,15H,1-4H3. The molecule has 0 spiro atoms. The smallest absolute Gasteiger partial charge is 0.328 e. The molecule has 94 valence electrons. The van der Waals surface area contributed by atoms with E-state index in [1.165, 1.54) is 0 Å². The Balaban J connectivity index is 2.64. The molecule has 0 saturated heterocycles. The molecule has 1 aromatic carbocycles. The highest BCUT2D eigenvalue weighted by molar-refractivity contribution is 9.10. The number of hydrogen-bond donors (Lipinski definition) is 1. The molecule has 0 heterocycles. The van der Waals surface area contributed by atoms with Gasteiger partial charge in [-0.3, -0.25) is 0 Å². The van der Waals surface area contributed by atoms with Crippen LogP contribution in [0.1, 0.15) is 27.7 Å². The molecule has 0 aromatic heterocycles. The quantitative estimate of drug-likeness (QED) is 0.867. The van der Waals surface area contributed by atoms with Crippen molar-refractivity contribution in [2.24, 2.45) is 0 Å². The van der Waals surface area contributed by atoms with E-state index in [1.807, 2.05) is 45.0 Å². The molecule has 1 atom stereocenters. The third kappa shape index (κ3) is 4.77. The molecule has 1 rings (SSSR count). The zero-order valence-corrected chi connectivity index (χ0v) is 12.2. The Bertz CT molecular complexity index is 399. The van der Waals surface area contributed by atoms with Gasteiger partial charge in [0.05, 0.1) is 0 Å². The van der Waals surface area contributed by atoms with Gasteiger partial charge in [-0.25, -0.2) is 4.79 Å². The first-order valence-corrected chi connectivity index (χ1v) is 6.33. The van der Waals surface area contributed by atoms with E-state index in [9.17, 15) is 4.79 Å². The lowest BCUT2D eigenvalue weighted by molar-refractivity contribution is -0.155. The number of benzene rings is 1. The largest absolute Gasteiger partial charge is 0.458 e. The van der Waals surface area contributed by atoms with Crippen LogP contribution in [0.2, 0.25) is 0 Å². The Labute approximate surface area is 111 Å². The van der Waals surface area contributed by atoms with Crippen molar-refractivity contribution >= 4 is 27.6 Å². The summed E-state index contributed by atoms with van der Waals surface area (Å²) in [5, 5.41) is 3.11. The predicted octanol–water partition coefficient (Wildman–Crippen LogP) is 3.59. The average Bonchev–Trinajstić information content (AvgIpc) is 2.18. The van der Waals surface area contributed by atoms with Crippen molar-refractivity contribution in [3.05, 3.63) is 28.7 Å². The van der Waals surface area contributed by atoms with Crippen LogP contribution >= 0.6 is 15.9 Å². The molecule has 1 aromatic rings. The summed E-state index contributed by atoms with van der Waals surface area (Å²) in [6.07, 6.45) is 0. The van der Waals surface area contributed by atoms with Crippen LogP contribution in [0.3, 0.4) is 0 Å². The summed E-state index contributed by atoms with van der Waals surface area (Å²) in [5.74, 6) is -0.256. The van der Waals surface area contributed by atoms with Crippen LogP contribution in [0, 0.1) is 0 Å². The van der Waals surface area contributed by atoms with Gasteiger partial charge in [0, 0.05) is 10.2 Å². The van der Waals surface area contributed by atoms with E-state index < -0.39 is 5.60 Å². The van der Waals surface area contributed by atoms with Crippen molar-refractivity contribution in [1.82, 2.24) is 0 Å². The van der Waals surface area contributed by atoms with Gasteiger partial charge in [0.15, 0.2) is 0 Å². The van der Waals surface area contributed by atoms with Crippen molar-refractivity contribution in [3.63, 3.8) is 0 Å². The average molecular weight is 300 g/mol. The molecular formula is C13H18BrNO2. The van der Waals surface area contributed by atoms with Crippen molar-refractivity contribution in [1.29, 1.82) is 0 Å². The number of hydrogen-bond acceptors (Lipinski definition) is 3. The van der Waals surface area contributed by atoms with E-state index in [0.717, 1.165) is 10.2 Å². The number of ether oxygens (including phenoxy) is 1. The van der Waals surface area contributed by atoms with Crippen LogP contribution in [0.25, 0.3) is 0 Å². The van der Waals surface area contributed by atoms with E-state index in [4.69, 9.17) is 4.74 Å². The SMILES string of the molecule is CC(Nc1ccccc1Br)C(=O)OC(C)(C)C. The predicted molar refractivity (Wildman–Crippen MR) is 73.1 cm³/mol. The molecule has 4 heteroatoms. The van der Waals surface area contributed by atoms with Crippen LogP contribution < -0.4 is 5.32 Å². The summed E-state index contributed by atoms with van der Waals surface area (Å²) in [6, 6.07) is 7.28. The van der Waals surface area contributed by atoms with Crippen LogP contribution in [0.15, 0.2) is 28.7 Å². The Morgan fingerprint density at radius 2 is 1.94 bits per heavy atom. The van der Waals surface area contributed by atoms with E-state index in [2.05, 4.69) is 21.2 Å². The molecule has 1 N–H and O–H groups in total. The van der Waals surface area contributed by atoms with Gasteiger partial charge in [0.1, 0.15) is 11.6 Å². The van der Waals surface area contributed by atoms with E-state index in [1.54, 1.807) is 6.92 Å². The molecule has 0 aliphatic rings. The minimum absolute atomic E-state index is 0.256. The van der Waals surface area contributed by atoms with Gasteiger partial charge in [-0.15, -0.1) is 0 Å². The van der Waals surface area contributed by atoms with Crippen LogP contribution in [0.4, 0.5) is 5.69 Å². The summed E-state index contributed by atoms with van der Waals surface area (Å²) >= 11 is 3.42. The van der Waals surface area contributed by atoms with Crippen LogP contribution in [0.5, 0.6) is 0 Å². The lowest BCUT2D eigenvalue weighted by Crippen LogP contribution is -2.34. The molecule has 1 unspecified atom stereocenters. The number of carbonyl (C=O) groups excluding carboxylic acids is 1. The Hall–Kier alpha value is -1.03. The Morgan fingerprint density at radius 3 is 2.47 bits per heavy atom. The maximum Gasteiger partial charge on any atom is 0.328 e. The fraction of sp³-hybridized carbons (Fsp3) is 0.462. The van der Waals surface area contributed by atoms with Gasteiger partial charge >= 0.3 is 5.97 Å². The number of nitrogens with one attached hydrogen (secondary N) is 1. The highest BCUT2D eigenvalue weighted by Gasteiger charge is 2.21. The normalized spacial score (nSPS) is 13.0. The molecule has 0 aliphatic heterocycles. The highest BCUT2D eigenvalue weighted by Crippen LogP contribution is 2.22. The Morgan fingerprint density at radius 1 is 1.35 bits per heavy atom. The molecule has 0 amide bonds. The monoisotopic (exact) mass is 299 g/mol.